The van der Waals surface area contributed by atoms with Crippen molar-refractivity contribution in [3.05, 3.63) is 11.6 Å². The van der Waals surface area contributed by atoms with Crippen LogP contribution < -0.4 is 0 Å². The van der Waals surface area contributed by atoms with Crippen molar-refractivity contribution in [3.8, 4) is 0 Å². The topological polar surface area (TPSA) is 158 Å². The molecule has 3 saturated heterocycles. The standard InChI is InChI=1S/C34H52O10/c1-16(23-14-32(3)34(5,44-32)30(40)43-23)20-8-9-21-19-7-6-17-12-18(41-29-28(39)27(38)26(37)24(15-35)42-29)13-25(36)33(17,4)22(19)10-11-31(20,21)2/h6,16,18-29,35-39H,7-15H2,1-5H3. The zero-order valence-electron chi connectivity index (χ0n) is 26.7. The van der Waals surface area contributed by atoms with E-state index in [0.29, 0.717) is 36.5 Å². The van der Waals surface area contributed by atoms with E-state index in [1.54, 1.807) is 0 Å². The maximum absolute atomic E-state index is 12.8. The summed E-state index contributed by atoms with van der Waals surface area (Å²) in [4.78, 5) is 12.8. The SMILES string of the molecule is CC(C1CC2(C)OC2(C)C(=O)O1)C1CCC2C3CC=C4CC(OC5OC(CO)C(O)C(O)C5O)CC(O)C4(C)C3CCC12C. The highest BCUT2D eigenvalue weighted by atomic mass is 16.7. The molecule has 0 bridgehead atoms. The largest absolute Gasteiger partial charge is 0.460 e. The van der Waals surface area contributed by atoms with Gasteiger partial charge in [0.1, 0.15) is 36.1 Å². The molecule has 17 unspecified atom stereocenters. The lowest BCUT2D eigenvalue weighted by Gasteiger charge is -2.60. The third kappa shape index (κ3) is 4.31. The van der Waals surface area contributed by atoms with Gasteiger partial charge in [-0.1, -0.05) is 32.4 Å². The maximum Gasteiger partial charge on any atom is 0.341 e. The van der Waals surface area contributed by atoms with Gasteiger partial charge in [-0.05, 0) is 87.4 Å². The van der Waals surface area contributed by atoms with E-state index in [-0.39, 0.29) is 28.8 Å². The van der Waals surface area contributed by atoms with E-state index in [1.807, 2.05) is 13.8 Å². The third-order valence-corrected chi connectivity index (χ3v) is 14.3. The summed E-state index contributed by atoms with van der Waals surface area (Å²) in [7, 11) is 0. The van der Waals surface area contributed by atoms with Gasteiger partial charge >= 0.3 is 5.97 Å². The molecular weight excluding hydrogens is 568 g/mol. The summed E-state index contributed by atoms with van der Waals surface area (Å²) in [6.07, 6.45) is 1.58. The van der Waals surface area contributed by atoms with Gasteiger partial charge in [-0.15, -0.1) is 0 Å². The average Bonchev–Trinajstić information content (AvgIpc) is 3.39. The number of aliphatic hydroxyl groups is 5. The fraction of sp³-hybridized carbons (Fsp3) is 0.912. The molecule has 7 rings (SSSR count). The molecule has 17 atom stereocenters. The Bertz CT molecular complexity index is 1190. The van der Waals surface area contributed by atoms with Gasteiger partial charge in [0.15, 0.2) is 11.9 Å². The van der Waals surface area contributed by atoms with E-state index in [2.05, 4.69) is 26.8 Å². The van der Waals surface area contributed by atoms with Gasteiger partial charge in [0.05, 0.1) is 18.8 Å². The van der Waals surface area contributed by atoms with Crippen molar-refractivity contribution in [3.63, 3.8) is 0 Å². The van der Waals surface area contributed by atoms with E-state index in [9.17, 15) is 30.3 Å². The summed E-state index contributed by atoms with van der Waals surface area (Å²) in [5.41, 5.74) is -0.239. The van der Waals surface area contributed by atoms with Crippen LogP contribution >= 0.6 is 0 Å². The van der Waals surface area contributed by atoms with Crippen molar-refractivity contribution in [1.29, 1.82) is 0 Å². The molecule has 7 aliphatic rings. The molecule has 248 valence electrons. The number of carbonyl (C=O) groups is 1. The highest BCUT2D eigenvalue weighted by Crippen LogP contribution is 2.68. The predicted octanol–water partition coefficient (Wildman–Crippen LogP) is 2.22. The van der Waals surface area contributed by atoms with Crippen molar-refractivity contribution in [2.45, 2.75) is 146 Å². The number of aliphatic hydroxyl groups excluding tert-OH is 5. The zero-order valence-corrected chi connectivity index (χ0v) is 26.7. The molecule has 3 saturated carbocycles. The second-order valence-electron chi connectivity index (χ2n) is 16.1. The van der Waals surface area contributed by atoms with Crippen LogP contribution in [0.3, 0.4) is 0 Å². The first kappa shape index (κ1) is 31.5. The summed E-state index contributed by atoms with van der Waals surface area (Å²) < 4.78 is 23.6. The first-order valence-electron chi connectivity index (χ1n) is 16.9. The number of ether oxygens (including phenoxy) is 4. The Morgan fingerprint density at radius 3 is 2.48 bits per heavy atom. The molecule has 0 amide bonds. The van der Waals surface area contributed by atoms with Crippen LogP contribution in [0.15, 0.2) is 11.6 Å². The number of esters is 1. The molecule has 10 heteroatoms. The van der Waals surface area contributed by atoms with Crippen LogP contribution in [0.2, 0.25) is 0 Å². The van der Waals surface area contributed by atoms with Crippen LogP contribution in [0.5, 0.6) is 0 Å². The van der Waals surface area contributed by atoms with Gasteiger partial charge in [0.2, 0.25) is 0 Å². The Morgan fingerprint density at radius 1 is 1.02 bits per heavy atom. The molecule has 10 nitrogen and oxygen atoms in total. The van der Waals surface area contributed by atoms with E-state index in [1.165, 1.54) is 5.57 Å². The minimum Gasteiger partial charge on any atom is -0.460 e. The van der Waals surface area contributed by atoms with Crippen LogP contribution in [0.1, 0.15) is 86.0 Å². The summed E-state index contributed by atoms with van der Waals surface area (Å²) >= 11 is 0. The fourth-order valence-corrected chi connectivity index (χ4v) is 11.2. The molecule has 6 fully saturated rings. The van der Waals surface area contributed by atoms with Crippen LogP contribution in [0.4, 0.5) is 0 Å². The minimum atomic E-state index is -1.50. The number of rotatable bonds is 5. The lowest BCUT2D eigenvalue weighted by Crippen LogP contribution is -2.60. The quantitative estimate of drug-likeness (QED) is 0.175. The van der Waals surface area contributed by atoms with Gasteiger partial charge in [-0.2, -0.15) is 0 Å². The first-order chi connectivity index (χ1) is 20.7. The van der Waals surface area contributed by atoms with E-state index >= 15 is 0 Å². The van der Waals surface area contributed by atoms with E-state index in [0.717, 1.165) is 38.5 Å². The molecule has 0 aromatic rings. The van der Waals surface area contributed by atoms with Crippen LogP contribution in [0, 0.1) is 40.4 Å². The third-order valence-electron chi connectivity index (χ3n) is 14.3. The number of hydrogen-bond donors (Lipinski definition) is 5. The normalized spacial score (nSPS) is 57.2. The molecule has 44 heavy (non-hydrogen) atoms. The van der Waals surface area contributed by atoms with Gasteiger partial charge in [-0.25, -0.2) is 4.79 Å². The second kappa shape index (κ2) is 10.4. The highest BCUT2D eigenvalue weighted by Gasteiger charge is 2.74. The number of allylic oxidation sites excluding steroid dienone is 1. The molecule has 0 radical (unpaired) electrons. The van der Waals surface area contributed by atoms with E-state index in [4.69, 9.17) is 18.9 Å². The maximum atomic E-state index is 12.8. The average molecular weight is 621 g/mol. The molecule has 0 aromatic carbocycles. The molecule has 0 spiro atoms. The Hall–Kier alpha value is -1.11. The van der Waals surface area contributed by atoms with Crippen LogP contribution in [0.25, 0.3) is 0 Å². The second-order valence-corrected chi connectivity index (χ2v) is 16.1. The highest BCUT2D eigenvalue weighted by molar-refractivity contribution is 5.85. The fourth-order valence-electron chi connectivity index (χ4n) is 11.2. The minimum absolute atomic E-state index is 0.127. The van der Waals surface area contributed by atoms with Crippen molar-refractivity contribution in [2.75, 3.05) is 6.61 Å². The Morgan fingerprint density at radius 2 is 1.77 bits per heavy atom. The lowest BCUT2D eigenvalue weighted by atomic mass is 9.46. The van der Waals surface area contributed by atoms with Crippen molar-refractivity contribution in [2.24, 2.45) is 40.4 Å². The first-order valence-corrected chi connectivity index (χ1v) is 16.9. The predicted molar refractivity (Wildman–Crippen MR) is 157 cm³/mol. The summed E-state index contributed by atoms with van der Waals surface area (Å²) in [5, 5.41) is 52.2. The molecule has 4 aliphatic carbocycles. The summed E-state index contributed by atoms with van der Waals surface area (Å²) in [6.45, 7) is 10.3. The van der Waals surface area contributed by atoms with Gasteiger partial charge < -0.3 is 44.5 Å². The number of hydrogen-bond acceptors (Lipinski definition) is 10. The Kier molecular flexibility index (Phi) is 7.47. The zero-order chi connectivity index (χ0) is 31.6. The summed E-state index contributed by atoms with van der Waals surface area (Å²) in [5.74, 6) is 1.86. The van der Waals surface area contributed by atoms with Gasteiger partial charge in [0, 0.05) is 18.3 Å². The lowest BCUT2D eigenvalue weighted by molar-refractivity contribution is -0.315. The van der Waals surface area contributed by atoms with Crippen LogP contribution in [-0.4, -0.2) is 98.3 Å². The number of fused-ring (bicyclic) bond motifs is 6. The number of epoxide rings is 1. The molecular formula is C34H52O10. The monoisotopic (exact) mass is 620 g/mol. The van der Waals surface area contributed by atoms with Gasteiger partial charge in [-0.3, -0.25) is 0 Å². The van der Waals surface area contributed by atoms with Crippen LogP contribution in [-0.2, 0) is 23.7 Å². The van der Waals surface area contributed by atoms with E-state index < -0.39 is 60.7 Å². The summed E-state index contributed by atoms with van der Waals surface area (Å²) in [6, 6.07) is 0. The number of cyclic esters (lactones) is 1. The van der Waals surface area contributed by atoms with Crippen molar-refractivity contribution < 1.29 is 49.3 Å². The Labute approximate surface area is 260 Å². The number of carbonyl (C=O) groups excluding carboxylic acids is 1. The smallest absolute Gasteiger partial charge is 0.341 e. The molecule has 5 N–H and O–H groups in total. The Balaban J connectivity index is 1.06. The molecule has 3 heterocycles. The molecule has 3 aliphatic heterocycles. The molecule has 0 aromatic heterocycles. The van der Waals surface area contributed by atoms with Crippen molar-refractivity contribution >= 4 is 5.97 Å². The van der Waals surface area contributed by atoms with Crippen molar-refractivity contribution in [1.82, 2.24) is 0 Å². The van der Waals surface area contributed by atoms with Gasteiger partial charge in [0.25, 0.3) is 0 Å².